The summed E-state index contributed by atoms with van der Waals surface area (Å²) in [6, 6.07) is 22.5. The Balaban J connectivity index is 1.45. The number of benzene rings is 3. The van der Waals surface area contributed by atoms with Crippen molar-refractivity contribution in [3.05, 3.63) is 83.4 Å². The summed E-state index contributed by atoms with van der Waals surface area (Å²) in [6.45, 7) is 4.51. The Morgan fingerprint density at radius 1 is 0.903 bits per heavy atom. The number of hydrogen-bond donors (Lipinski definition) is 1. The molecule has 0 bridgehead atoms. The lowest BCUT2D eigenvalue weighted by molar-refractivity contribution is 0.174. The smallest absolute Gasteiger partial charge is 0.231 e. The summed E-state index contributed by atoms with van der Waals surface area (Å²) in [5.41, 5.74) is 9.74. The zero-order valence-corrected chi connectivity index (χ0v) is 18.1. The van der Waals surface area contributed by atoms with Gasteiger partial charge in [-0.25, -0.2) is 4.98 Å². The minimum atomic E-state index is 0.261. The maximum Gasteiger partial charge on any atom is 0.231 e. The Hall–Kier alpha value is -3.64. The molecule has 1 aliphatic heterocycles. The van der Waals surface area contributed by atoms with Crippen molar-refractivity contribution in [3.63, 3.8) is 0 Å². The fraction of sp³-hybridized carbons (Fsp3) is 0.120. The van der Waals surface area contributed by atoms with Gasteiger partial charge in [-0.05, 0) is 60.4 Å². The summed E-state index contributed by atoms with van der Waals surface area (Å²) in [5, 5.41) is 5.13. The molecule has 4 aromatic rings. The highest BCUT2D eigenvalue weighted by Gasteiger charge is 2.16. The zero-order valence-electron chi connectivity index (χ0n) is 17.3. The summed E-state index contributed by atoms with van der Waals surface area (Å²) in [6.07, 6.45) is 1.75. The first kappa shape index (κ1) is 19.3. The SMILES string of the molecule is Cc1ccc(-c2nc(N/N=C\c3ccc4c(c3)OCO4)sc2-c2ccccc2)cc1C. The minimum Gasteiger partial charge on any atom is -0.454 e. The fourth-order valence-corrected chi connectivity index (χ4v) is 4.34. The maximum atomic E-state index is 5.42. The van der Waals surface area contributed by atoms with Gasteiger partial charge in [-0.15, -0.1) is 0 Å². The molecule has 0 spiro atoms. The van der Waals surface area contributed by atoms with Crippen molar-refractivity contribution in [1.29, 1.82) is 0 Å². The van der Waals surface area contributed by atoms with Gasteiger partial charge in [0.15, 0.2) is 11.5 Å². The number of rotatable bonds is 5. The second-order valence-electron chi connectivity index (χ2n) is 7.34. The molecule has 0 aliphatic carbocycles. The van der Waals surface area contributed by atoms with E-state index >= 15 is 0 Å². The van der Waals surface area contributed by atoms with Gasteiger partial charge < -0.3 is 9.47 Å². The summed E-state index contributed by atoms with van der Waals surface area (Å²) in [4.78, 5) is 5.98. The number of anilines is 1. The lowest BCUT2D eigenvalue weighted by Gasteiger charge is -2.05. The summed E-state index contributed by atoms with van der Waals surface area (Å²) in [7, 11) is 0. The van der Waals surface area contributed by atoms with Crippen LogP contribution in [0.2, 0.25) is 0 Å². The predicted molar refractivity (Wildman–Crippen MR) is 126 cm³/mol. The van der Waals surface area contributed by atoms with Crippen molar-refractivity contribution in [2.24, 2.45) is 5.10 Å². The number of hydrazone groups is 1. The maximum absolute atomic E-state index is 5.42. The summed E-state index contributed by atoms with van der Waals surface area (Å²) < 4.78 is 10.8. The van der Waals surface area contributed by atoms with Crippen LogP contribution in [-0.4, -0.2) is 18.0 Å². The molecule has 5 rings (SSSR count). The van der Waals surface area contributed by atoms with Crippen LogP contribution >= 0.6 is 11.3 Å². The Kier molecular flexibility index (Phi) is 5.14. The van der Waals surface area contributed by atoms with Crippen LogP contribution in [0, 0.1) is 13.8 Å². The molecular weight excluding hydrogens is 406 g/mol. The molecule has 1 N–H and O–H groups in total. The van der Waals surface area contributed by atoms with Gasteiger partial charge in [-0.3, -0.25) is 5.43 Å². The van der Waals surface area contributed by atoms with Gasteiger partial charge in [0.2, 0.25) is 11.9 Å². The summed E-state index contributed by atoms with van der Waals surface area (Å²) >= 11 is 1.59. The van der Waals surface area contributed by atoms with Crippen LogP contribution < -0.4 is 14.9 Å². The molecule has 0 saturated heterocycles. The van der Waals surface area contributed by atoms with E-state index in [-0.39, 0.29) is 6.79 Å². The predicted octanol–water partition coefficient (Wildman–Crippen LogP) is 6.27. The lowest BCUT2D eigenvalue weighted by Crippen LogP contribution is -1.93. The van der Waals surface area contributed by atoms with E-state index in [1.807, 2.05) is 36.4 Å². The second kappa shape index (κ2) is 8.24. The van der Waals surface area contributed by atoms with E-state index in [1.54, 1.807) is 17.6 Å². The second-order valence-corrected chi connectivity index (χ2v) is 8.34. The van der Waals surface area contributed by atoms with Crippen molar-refractivity contribution in [2.75, 3.05) is 12.2 Å². The molecule has 5 nitrogen and oxygen atoms in total. The molecule has 154 valence electrons. The normalized spacial score (nSPS) is 12.5. The topological polar surface area (TPSA) is 55.7 Å². The van der Waals surface area contributed by atoms with E-state index in [4.69, 9.17) is 14.5 Å². The van der Waals surface area contributed by atoms with E-state index < -0.39 is 0 Å². The van der Waals surface area contributed by atoms with Gasteiger partial charge in [0, 0.05) is 5.56 Å². The van der Waals surface area contributed by atoms with Crippen LogP contribution in [0.3, 0.4) is 0 Å². The van der Waals surface area contributed by atoms with Gasteiger partial charge in [-0.1, -0.05) is 53.8 Å². The van der Waals surface area contributed by atoms with Crippen LogP contribution in [0.15, 0.2) is 71.8 Å². The number of aryl methyl sites for hydroxylation is 2. The molecule has 2 heterocycles. The lowest BCUT2D eigenvalue weighted by atomic mass is 10.0. The summed E-state index contributed by atoms with van der Waals surface area (Å²) in [5.74, 6) is 1.50. The molecule has 3 aromatic carbocycles. The van der Waals surface area contributed by atoms with E-state index in [1.165, 1.54) is 11.1 Å². The number of fused-ring (bicyclic) bond motifs is 1. The first-order valence-corrected chi connectivity index (χ1v) is 10.8. The quantitative estimate of drug-likeness (QED) is 0.301. The number of thiazole rings is 1. The average molecular weight is 428 g/mol. The molecule has 0 unspecified atom stereocenters. The van der Waals surface area contributed by atoms with Crippen LogP contribution in [0.1, 0.15) is 16.7 Å². The van der Waals surface area contributed by atoms with Gasteiger partial charge in [0.25, 0.3) is 0 Å². The molecule has 31 heavy (non-hydrogen) atoms. The molecule has 0 fully saturated rings. The van der Waals surface area contributed by atoms with Gasteiger partial charge in [0.1, 0.15) is 0 Å². The Morgan fingerprint density at radius 3 is 2.58 bits per heavy atom. The Morgan fingerprint density at radius 2 is 1.74 bits per heavy atom. The first-order chi connectivity index (χ1) is 15.2. The van der Waals surface area contributed by atoms with E-state index in [0.717, 1.165) is 43.9 Å². The Labute approximate surface area is 185 Å². The monoisotopic (exact) mass is 427 g/mol. The Bertz CT molecular complexity index is 1270. The van der Waals surface area contributed by atoms with Crippen molar-refractivity contribution in [2.45, 2.75) is 13.8 Å². The third-order valence-corrected chi connectivity index (χ3v) is 6.22. The highest BCUT2D eigenvalue weighted by molar-refractivity contribution is 7.19. The molecule has 0 radical (unpaired) electrons. The molecule has 1 aromatic heterocycles. The number of nitrogens with one attached hydrogen (secondary N) is 1. The van der Waals surface area contributed by atoms with Crippen molar-refractivity contribution < 1.29 is 9.47 Å². The molecule has 6 heteroatoms. The highest BCUT2D eigenvalue weighted by Crippen LogP contribution is 2.39. The van der Waals surface area contributed by atoms with Crippen LogP contribution in [0.25, 0.3) is 21.7 Å². The molecule has 0 atom stereocenters. The average Bonchev–Trinajstić information content (AvgIpc) is 3.43. The van der Waals surface area contributed by atoms with E-state index in [0.29, 0.717) is 0 Å². The number of hydrogen-bond acceptors (Lipinski definition) is 6. The first-order valence-electron chi connectivity index (χ1n) is 10.00. The molecular formula is C25H21N3O2S. The molecule has 1 aliphatic rings. The van der Waals surface area contributed by atoms with Crippen molar-refractivity contribution in [3.8, 4) is 33.2 Å². The minimum absolute atomic E-state index is 0.261. The van der Waals surface area contributed by atoms with Crippen LogP contribution in [0.5, 0.6) is 11.5 Å². The zero-order chi connectivity index (χ0) is 21.2. The van der Waals surface area contributed by atoms with Crippen LogP contribution in [0.4, 0.5) is 5.13 Å². The standard InChI is InChI=1S/C25H21N3O2S/c1-16-8-10-20(12-17(16)2)23-24(19-6-4-3-5-7-19)31-25(27-23)28-26-14-18-9-11-21-22(13-18)30-15-29-21/h3-14H,15H2,1-2H3,(H,27,28)/b26-14-. The van der Waals surface area contributed by atoms with Gasteiger partial charge >= 0.3 is 0 Å². The number of aromatic nitrogens is 1. The largest absolute Gasteiger partial charge is 0.454 e. The number of nitrogens with zero attached hydrogens (tertiary/aromatic N) is 2. The third kappa shape index (κ3) is 4.02. The third-order valence-electron chi connectivity index (χ3n) is 5.21. The van der Waals surface area contributed by atoms with Crippen molar-refractivity contribution >= 4 is 22.7 Å². The van der Waals surface area contributed by atoms with Gasteiger partial charge in [-0.2, -0.15) is 5.10 Å². The van der Waals surface area contributed by atoms with Crippen molar-refractivity contribution in [1.82, 2.24) is 4.98 Å². The fourth-order valence-electron chi connectivity index (χ4n) is 3.39. The highest BCUT2D eigenvalue weighted by atomic mass is 32.1. The van der Waals surface area contributed by atoms with E-state index in [2.05, 4.69) is 54.7 Å². The number of ether oxygens (including phenoxy) is 2. The molecule has 0 saturated carbocycles. The molecule has 0 amide bonds. The van der Waals surface area contributed by atoms with E-state index in [9.17, 15) is 0 Å². The van der Waals surface area contributed by atoms with Gasteiger partial charge in [0.05, 0.1) is 16.8 Å². The van der Waals surface area contributed by atoms with Crippen LogP contribution in [-0.2, 0) is 0 Å².